The van der Waals surface area contributed by atoms with Gasteiger partial charge in [-0.3, -0.25) is 0 Å². The normalized spacial score (nSPS) is 17.5. The summed E-state index contributed by atoms with van der Waals surface area (Å²) in [5.74, 6) is 0.910. The fourth-order valence-electron chi connectivity index (χ4n) is 4.04. The van der Waals surface area contributed by atoms with Gasteiger partial charge in [-0.25, -0.2) is 4.99 Å². The lowest BCUT2D eigenvalue weighted by Crippen LogP contribution is -2.53. The average molecular weight is 409 g/mol. The molecular weight excluding hydrogens is 391 g/mol. The summed E-state index contributed by atoms with van der Waals surface area (Å²) in [5, 5.41) is 1.25. The van der Waals surface area contributed by atoms with Crippen LogP contribution in [0.15, 0.2) is 77.8 Å². The van der Waals surface area contributed by atoms with Crippen LogP contribution in [0.4, 0.5) is 5.69 Å². The highest BCUT2D eigenvalue weighted by atomic mass is 35.5. The third-order valence-electron chi connectivity index (χ3n) is 5.44. The van der Waals surface area contributed by atoms with Gasteiger partial charge in [-0.2, -0.15) is 0 Å². The molecule has 2 heterocycles. The highest BCUT2D eigenvalue weighted by molar-refractivity contribution is 6.35. The molecule has 2 aliphatic rings. The van der Waals surface area contributed by atoms with Crippen molar-refractivity contribution < 1.29 is 4.74 Å². The second-order valence-electron chi connectivity index (χ2n) is 7.12. The van der Waals surface area contributed by atoms with E-state index in [0.717, 1.165) is 28.2 Å². The van der Waals surface area contributed by atoms with E-state index in [9.17, 15) is 0 Å². The maximum Gasteiger partial charge on any atom is 0.136 e. The molecule has 0 bridgehead atoms. The van der Waals surface area contributed by atoms with Crippen LogP contribution in [0, 0.1) is 0 Å². The second-order valence-corrected chi connectivity index (χ2v) is 7.96. The minimum absolute atomic E-state index is 0.424. The lowest BCUT2D eigenvalue weighted by Gasteiger charge is -2.46. The van der Waals surface area contributed by atoms with E-state index in [2.05, 4.69) is 53.4 Å². The first-order valence-electron chi connectivity index (χ1n) is 9.21. The van der Waals surface area contributed by atoms with Crippen LogP contribution in [0.25, 0.3) is 0 Å². The summed E-state index contributed by atoms with van der Waals surface area (Å²) in [6, 6.07) is 24.4. The number of morpholine rings is 1. The number of amidine groups is 1. The highest BCUT2D eigenvalue weighted by Gasteiger charge is 2.43. The van der Waals surface area contributed by atoms with E-state index in [4.69, 9.17) is 32.9 Å². The van der Waals surface area contributed by atoms with Crippen LogP contribution in [-0.4, -0.2) is 23.9 Å². The molecule has 3 nitrogen and oxygen atoms in total. The fraction of sp³-hybridized carbons (Fsp3) is 0.174. The number of halogens is 2. The Morgan fingerprint density at radius 1 is 0.893 bits per heavy atom. The summed E-state index contributed by atoms with van der Waals surface area (Å²) in [7, 11) is 0. The first kappa shape index (κ1) is 17.7. The number of nitrogens with zero attached hydrogens (tertiary/aromatic N) is 2. The molecular formula is C23H18Cl2N2O. The van der Waals surface area contributed by atoms with Crippen molar-refractivity contribution in [2.24, 2.45) is 4.99 Å². The Morgan fingerprint density at radius 2 is 1.54 bits per heavy atom. The molecule has 0 saturated carbocycles. The molecule has 0 radical (unpaired) electrons. The quantitative estimate of drug-likeness (QED) is 0.533. The van der Waals surface area contributed by atoms with E-state index < -0.39 is 5.60 Å². The van der Waals surface area contributed by atoms with Crippen LogP contribution in [0.2, 0.25) is 10.0 Å². The third kappa shape index (κ3) is 2.91. The Kier molecular flexibility index (Phi) is 4.39. The van der Waals surface area contributed by atoms with Crippen LogP contribution < -0.4 is 0 Å². The first-order chi connectivity index (χ1) is 13.7. The van der Waals surface area contributed by atoms with Gasteiger partial charge < -0.3 is 9.64 Å². The van der Waals surface area contributed by atoms with Crippen molar-refractivity contribution in [3.05, 3.63) is 99.5 Å². The fourth-order valence-corrected chi connectivity index (χ4v) is 4.58. The molecule has 3 aromatic carbocycles. The third-order valence-corrected chi connectivity index (χ3v) is 6.00. The van der Waals surface area contributed by atoms with E-state index in [1.54, 1.807) is 6.07 Å². The average Bonchev–Trinajstić information content (AvgIpc) is 2.73. The maximum absolute atomic E-state index is 6.54. The van der Waals surface area contributed by atoms with Crippen LogP contribution in [0.5, 0.6) is 0 Å². The lowest BCUT2D eigenvalue weighted by molar-refractivity contribution is -0.0388. The Hall–Kier alpha value is -2.33. The molecule has 28 heavy (non-hydrogen) atoms. The van der Waals surface area contributed by atoms with E-state index in [1.165, 1.54) is 0 Å². The summed E-state index contributed by atoms with van der Waals surface area (Å²) in [5.41, 5.74) is 3.55. The number of fused-ring (bicyclic) bond motifs is 2. The molecule has 0 N–H and O–H groups in total. The zero-order valence-electron chi connectivity index (χ0n) is 15.1. The van der Waals surface area contributed by atoms with Crippen molar-refractivity contribution in [2.75, 3.05) is 13.2 Å². The van der Waals surface area contributed by atoms with Crippen molar-refractivity contribution in [3.8, 4) is 0 Å². The summed E-state index contributed by atoms with van der Waals surface area (Å²) in [6.07, 6.45) is 0. The first-order valence-corrected chi connectivity index (χ1v) is 9.97. The molecule has 1 fully saturated rings. The van der Waals surface area contributed by atoms with Gasteiger partial charge in [-0.15, -0.1) is 0 Å². The topological polar surface area (TPSA) is 24.8 Å². The van der Waals surface area contributed by atoms with E-state index >= 15 is 0 Å². The van der Waals surface area contributed by atoms with Gasteiger partial charge in [0.1, 0.15) is 18.0 Å². The Labute approximate surface area is 174 Å². The Morgan fingerprint density at radius 3 is 2.18 bits per heavy atom. The highest BCUT2D eigenvalue weighted by Crippen LogP contribution is 2.42. The van der Waals surface area contributed by atoms with E-state index in [-0.39, 0.29) is 0 Å². The van der Waals surface area contributed by atoms with Gasteiger partial charge in [0, 0.05) is 22.2 Å². The van der Waals surface area contributed by atoms with Crippen molar-refractivity contribution in [1.82, 2.24) is 4.90 Å². The number of rotatable bonds is 2. The van der Waals surface area contributed by atoms with Gasteiger partial charge in [-0.05, 0) is 23.3 Å². The van der Waals surface area contributed by atoms with Crippen molar-refractivity contribution in [1.29, 1.82) is 0 Å². The predicted octanol–water partition coefficient (Wildman–Crippen LogP) is 5.81. The molecule has 5 heteroatoms. The zero-order chi connectivity index (χ0) is 19.1. The van der Waals surface area contributed by atoms with Crippen LogP contribution >= 0.6 is 23.2 Å². The van der Waals surface area contributed by atoms with Gasteiger partial charge in [-0.1, -0.05) is 83.9 Å². The number of hydrogen-bond acceptors (Lipinski definition) is 3. The van der Waals surface area contributed by atoms with Gasteiger partial charge in [0.2, 0.25) is 0 Å². The Bertz CT molecular complexity index is 1010. The second kappa shape index (κ2) is 6.93. The van der Waals surface area contributed by atoms with Crippen molar-refractivity contribution in [3.63, 3.8) is 0 Å². The van der Waals surface area contributed by atoms with Crippen molar-refractivity contribution >= 4 is 34.7 Å². The molecule has 140 valence electrons. The minimum atomic E-state index is -0.558. The van der Waals surface area contributed by atoms with Gasteiger partial charge >= 0.3 is 0 Å². The van der Waals surface area contributed by atoms with Gasteiger partial charge in [0.25, 0.3) is 0 Å². The molecule has 0 aliphatic carbocycles. The SMILES string of the molecule is Clc1cc(Cl)c2c(c1)N=C1COC(c3ccccc3)(c3ccccc3)CN1C2. The number of aliphatic imine (C=N–C) groups is 1. The maximum atomic E-state index is 6.54. The standard InChI is InChI=1S/C23H18Cl2N2O/c24-18-11-20(25)19-13-27-15-23(16-7-3-1-4-8-16,17-9-5-2-6-10-17)28-14-22(27)26-21(19)12-18/h1-12H,13-15H2. The van der Waals surface area contributed by atoms with E-state index in [0.29, 0.717) is 29.7 Å². The molecule has 0 atom stereocenters. The number of ether oxygens (including phenoxy) is 1. The molecule has 0 unspecified atom stereocenters. The largest absolute Gasteiger partial charge is 0.356 e. The predicted molar refractivity (Wildman–Crippen MR) is 114 cm³/mol. The summed E-state index contributed by atoms with van der Waals surface area (Å²) in [6.45, 7) is 1.78. The molecule has 1 saturated heterocycles. The molecule has 2 aliphatic heterocycles. The molecule has 5 rings (SSSR count). The van der Waals surface area contributed by atoms with Crippen molar-refractivity contribution in [2.45, 2.75) is 12.1 Å². The molecule has 0 spiro atoms. The monoisotopic (exact) mass is 408 g/mol. The summed E-state index contributed by atoms with van der Waals surface area (Å²) >= 11 is 12.6. The Balaban J connectivity index is 1.59. The van der Waals surface area contributed by atoms with Crippen LogP contribution in [0.3, 0.4) is 0 Å². The van der Waals surface area contributed by atoms with Gasteiger partial charge in [0.05, 0.1) is 12.2 Å². The van der Waals surface area contributed by atoms with Crippen LogP contribution in [-0.2, 0) is 16.9 Å². The molecule has 3 aromatic rings. The van der Waals surface area contributed by atoms with Gasteiger partial charge in [0.15, 0.2) is 0 Å². The van der Waals surface area contributed by atoms with E-state index in [1.807, 2.05) is 18.2 Å². The lowest BCUT2D eigenvalue weighted by atomic mass is 9.84. The summed E-state index contributed by atoms with van der Waals surface area (Å²) < 4.78 is 6.54. The minimum Gasteiger partial charge on any atom is -0.356 e. The molecule has 0 amide bonds. The smallest absolute Gasteiger partial charge is 0.136 e. The number of hydrogen-bond donors (Lipinski definition) is 0. The zero-order valence-corrected chi connectivity index (χ0v) is 16.6. The number of benzene rings is 3. The molecule has 0 aromatic heterocycles. The van der Waals surface area contributed by atoms with Crippen LogP contribution in [0.1, 0.15) is 16.7 Å². The summed E-state index contributed by atoms with van der Waals surface area (Å²) in [4.78, 5) is 7.06.